The molecule has 0 aliphatic carbocycles. The Morgan fingerprint density at radius 2 is 1.93 bits per heavy atom. The molecule has 3 rings (SSSR count). The molecule has 146 valence electrons. The molecule has 0 atom stereocenters. The van der Waals surface area contributed by atoms with Gasteiger partial charge in [-0.1, -0.05) is 15.9 Å². The van der Waals surface area contributed by atoms with Gasteiger partial charge in [0.2, 0.25) is 5.78 Å². The van der Waals surface area contributed by atoms with Crippen molar-refractivity contribution in [2.45, 2.75) is 26.4 Å². The molecular weight excluding hydrogens is 448 g/mol. The molecule has 0 radical (unpaired) electrons. The Bertz CT molecular complexity index is 1090. The van der Waals surface area contributed by atoms with Crippen LogP contribution in [0.15, 0.2) is 34.2 Å². The molecule has 2 heterocycles. The highest BCUT2D eigenvalue weighted by molar-refractivity contribution is 9.10. The first-order valence-corrected chi connectivity index (χ1v) is 9.90. The van der Waals surface area contributed by atoms with Crippen LogP contribution in [0.5, 0.6) is 0 Å². The van der Waals surface area contributed by atoms with Gasteiger partial charge in [-0.05, 0) is 39.0 Å². The number of hydrogen-bond donors (Lipinski definition) is 0. The van der Waals surface area contributed by atoms with E-state index in [1.54, 1.807) is 39.0 Å². The van der Waals surface area contributed by atoms with Crippen molar-refractivity contribution in [3.05, 3.63) is 50.5 Å². The number of rotatable bonds is 3. The van der Waals surface area contributed by atoms with Crippen molar-refractivity contribution < 1.29 is 23.9 Å². The van der Waals surface area contributed by atoms with Gasteiger partial charge in [0.15, 0.2) is 10.7 Å². The molecule has 3 aromatic rings. The maximum absolute atomic E-state index is 13.0. The molecule has 0 saturated carbocycles. The van der Waals surface area contributed by atoms with Gasteiger partial charge in [0.05, 0.1) is 18.2 Å². The minimum absolute atomic E-state index is 0.0629. The summed E-state index contributed by atoms with van der Waals surface area (Å²) in [5.41, 5.74) is 0.198. The van der Waals surface area contributed by atoms with E-state index < -0.39 is 23.4 Å². The summed E-state index contributed by atoms with van der Waals surface area (Å²) in [7, 11) is 1.25. The topological polar surface area (TPSA) is 87.5 Å². The third kappa shape index (κ3) is 4.00. The van der Waals surface area contributed by atoms with Gasteiger partial charge in [0.25, 0.3) is 0 Å². The third-order valence-corrected chi connectivity index (χ3v) is 5.03. The second kappa shape index (κ2) is 7.48. The highest BCUT2D eigenvalue weighted by atomic mass is 79.9. The van der Waals surface area contributed by atoms with Crippen molar-refractivity contribution in [1.29, 1.82) is 0 Å². The molecule has 28 heavy (non-hydrogen) atoms. The number of benzene rings is 1. The van der Waals surface area contributed by atoms with Crippen molar-refractivity contribution in [1.82, 2.24) is 9.55 Å². The van der Waals surface area contributed by atoms with E-state index in [0.717, 1.165) is 15.8 Å². The van der Waals surface area contributed by atoms with Crippen LogP contribution in [0.25, 0.3) is 10.9 Å². The Morgan fingerprint density at radius 1 is 1.21 bits per heavy atom. The van der Waals surface area contributed by atoms with Crippen molar-refractivity contribution in [3.8, 4) is 0 Å². The van der Waals surface area contributed by atoms with E-state index in [4.69, 9.17) is 4.74 Å². The monoisotopic (exact) mass is 464 g/mol. The SMILES string of the molecule is COC(=O)c1csc(C(=O)c2cn(C(=O)OC(C)(C)C)c3ccc(Br)cc23)n1. The van der Waals surface area contributed by atoms with Gasteiger partial charge in [0.1, 0.15) is 5.60 Å². The summed E-state index contributed by atoms with van der Waals surface area (Å²) in [5.74, 6) is -1.01. The smallest absolute Gasteiger partial charge is 0.419 e. The van der Waals surface area contributed by atoms with Crippen LogP contribution in [0.1, 0.15) is 46.6 Å². The number of fused-ring (bicyclic) bond motifs is 1. The Hall–Kier alpha value is -2.52. The fourth-order valence-corrected chi connectivity index (χ4v) is 3.64. The van der Waals surface area contributed by atoms with Crippen molar-refractivity contribution in [2.75, 3.05) is 7.11 Å². The zero-order valence-electron chi connectivity index (χ0n) is 15.6. The summed E-state index contributed by atoms with van der Waals surface area (Å²) in [6, 6.07) is 5.25. The molecule has 0 unspecified atom stereocenters. The quantitative estimate of drug-likeness (QED) is 0.413. The van der Waals surface area contributed by atoms with Crippen molar-refractivity contribution >= 4 is 56.0 Å². The number of esters is 1. The van der Waals surface area contributed by atoms with Gasteiger partial charge < -0.3 is 9.47 Å². The van der Waals surface area contributed by atoms with Crippen molar-refractivity contribution in [2.24, 2.45) is 0 Å². The lowest BCUT2D eigenvalue weighted by Gasteiger charge is -2.19. The maximum atomic E-state index is 13.0. The number of nitrogens with zero attached hydrogens (tertiary/aromatic N) is 2. The fourth-order valence-electron chi connectivity index (χ4n) is 2.54. The van der Waals surface area contributed by atoms with Crippen LogP contribution in [-0.4, -0.2) is 40.1 Å². The normalized spacial score (nSPS) is 11.5. The average Bonchev–Trinajstić information content (AvgIpc) is 3.24. The second-order valence-corrected chi connectivity index (χ2v) is 8.69. The number of ether oxygens (including phenoxy) is 2. The molecular formula is C19H17BrN2O5S. The largest absolute Gasteiger partial charge is 0.464 e. The highest BCUT2D eigenvalue weighted by Crippen LogP contribution is 2.28. The number of hydrogen-bond acceptors (Lipinski definition) is 7. The molecule has 0 bridgehead atoms. The zero-order valence-corrected chi connectivity index (χ0v) is 18.0. The number of thiazole rings is 1. The minimum Gasteiger partial charge on any atom is -0.464 e. The summed E-state index contributed by atoms with van der Waals surface area (Å²) in [6.07, 6.45) is 0.848. The van der Waals surface area contributed by atoms with E-state index in [1.807, 2.05) is 0 Å². The van der Waals surface area contributed by atoms with Crippen LogP contribution in [0.3, 0.4) is 0 Å². The molecule has 2 aromatic heterocycles. The molecule has 0 aliphatic rings. The molecule has 0 saturated heterocycles. The average molecular weight is 465 g/mol. The fraction of sp³-hybridized carbons (Fsp3) is 0.263. The standard InChI is InChI=1S/C19H17BrN2O5S/c1-19(2,3)27-18(25)22-8-12(11-7-10(20)5-6-14(11)22)15(23)16-21-13(9-28-16)17(24)26-4/h5-9H,1-4H3. The van der Waals surface area contributed by atoms with Gasteiger partial charge in [-0.2, -0.15) is 0 Å². The van der Waals surface area contributed by atoms with Gasteiger partial charge in [-0.25, -0.2) is 14.6 Å². The van der Waals surface area contributed by atoms with Crippen LogP contribution >= 0.6 is 27.3 Å². The van der Waals surface area contributed by atoms with E-state index in [2.05, 4.69) is 25.7 Å². The van der Waals surface area contributed by atoms with Gasteiger partial charge in [0, 0.05) is 21.4 Å². The lowest BCUT2D eigenvalue weighted by atomic mass is 10.1. The molecule has 0 spiro atoms. The zero-order chi connectivity index (χ0) is 20.6. The van der Waals surface area contributed by atoms with E-state index in [0.29, 0.717) is 10.9 Å². The summed E-state index contributed by atoms with van der Waals surface area (Å²) >= 11 is 4.43. The predicted octanol–water partition coefficient (Wildman–Crippen LogP) is 4.66. The lowest BCUT2D eigenvalue weighted by Crippen LogP contribution is -2.26. The summed E-state index contributed by atoms with van der Waals surface area (Å²) in [5, 5.41) is 2.16. The summed E-state index contributed by atoms with van der Waals surface area (Å²) in [6.45, 7) is 5.30. The Kier molecular flexibility index (Phi) is 5.40. The van der Waals surface area contributed by atoms with E-state index in [-0.39, 0.29) is 16.3 Å². The first kappa shape index (κ1) is 20.2. The Balaban J connectivity index is 2.09. The molecule has 7 nitrogen and oxygen atoms in total. The maximum Gasteiger partial charge on any atom is 0.419 e. The highest BCUT2D eigenvalue weighted by Gasteiger charge is 2.25. The van der Waals surface area contributed by atoms with Gasteiger partial charge in [-0.3, -0.25) is 9.36 Å². The molecule has 1 aromatic carbocycles. The van der Waals surface area contributed by atoms with Gasteiger partial charge >= 0.3 is 12.1 Å². The first-order valence-electron chi connectivity index (χ1n) is 8.23. The number of halogens is 1. The molecule has 0 amide bonds. The van der Waals surface area contributed by atoms with Crippen LogP contribution < -0.4 is 0 Å². The lowest BCUT2D eigenvalue weighted by molar-refractivity contribution is 0.0542. The predicted molar refractivity (Wildman–Crippen MR) is 108 cm³/mol. The molecule has 0 fully saturated rings. The number of carbonyl (C=O) groups excluding carboxylic acids is 3. The summed E-state index contributed by atoms with van der Waals surface area (Å²) < 4.78 is 12.1. The molecule has 0 N–H and O–H groups in total. The number of carbonyl (C=O) groups is 3. The van der Waals surface area contributed by atoms with E-state index in [1.165, 1.54) is 23.3 Å². The second-order valence-electron chi connectivity index (χ2n) is 6.91. The number of aromatic nitrogens is 2. The molecule has 0 aliphatic heterocycles. The number of ketones is 1. The van der Waals surface area contributed by atoms with Crippen LogP contribution in [0, 0.1) is 0 Å². The molecule has 9 heteroatoms. The van der Waals surface area contributed by atoms with Gasteiger partial charge in [-0.15, -0.1) is 11.3 Å². The van der Waals surface area contributed by atoms with Crippen LogP contribution in [-0.2, 0) is 9.47 Å². The number of methoxy groups -OCH3 is 1. The summed E-state index contributed by atoms with van der Waals surface area (Å²) in [4.78, 5) is 41.3. The van der Waals surface area contributed by atoms with E-state index in [9.17, 15) is 14.4 Å². The Morgan fingerprint density at radius 3 is 2.57 bits per heavy atom. The minimum atomic E-state index is -0.683. The van der Waals surface area contributed by atoms with Crippen LogP contribution in [0.2, 0.25) is 0 Å². The third-order valence-electron chi connectivity index (χ3n) is 3.69. The van der Waals surface area contributed by atoms with Crippen LogP contribution in [0.4, 0.5) is 4.79 Å². The Labute approximate surface area is 173 Å². The van der Waals surface area contributed by atoms with E-state index >= 15 is 0 Å². The van der Waals surface area contributed by atoms with Crippen molar-refractivity contribution in [3.63, 3.8) is 0 Å². The first-order chi connectivity index (χ1) is 13.1.